The summed E-state index contributed by atoms with van der Waals surface area (Å²) in [5.41, 5.74) is -1.08. The van der Waals surface area contributed by atoms with Crippen molar-refractivity contribution in [2.45, 2.75) is 45.3 Å². The molecule has 0 radical (unpaired) electrons. The van der Waals surface area contributed by atoms with Crippen molar-refractivity contribution in [3.8, 4) is 0 Å². The quantitative estimate of drug-likeness (QED) is 0.665. The highest BCUT2D eigenvalue weighted by Gasteiger charge is 2.15. The lowest BCUT2D eigenvalue weighted by Crippen LogP contribution is -2.22. The molecule has 0 amide bonds. The van der Waals surface area contributed by atoms with E-state index in [2.05, 4.69) is 6.58 Å². The van der Waals surface area contributed by atoms with E-state index in [1.54, 1.807) is 13.0 Å². The van der Waals surface area contributed by atoms with Gasteiger partial charge in [-0.1, -0.05) is 18.2 Å². The fourth-order valence-corrected chi connectivity index (χ4v) is 1.08. The van der Waals surface area contributed by atoms with E-state index >= 15 is 0 Å². The fraction of sp³-hybridized carbons (Fsp3) is 0.667. The molecule has 0 aliphatic rings. The molecule has 1 N–H and O–H groups in total. The summed E-state index contributed by atoms with van der Waals surface area (Å²) in [5, 5.41) is 9.64. The summed E-state index contributed by atoms with van der Waals surface area (Å²) in [6, 6.07) is 0. The first-order valence-electron chi connectivity index (χ1n) is 5.00. The summed E-state index contributed by atoms with van der Waals surface area (Å²) in [5.74, 6) is 0. The Kier molecular flexibility index (Phi) is 5.09. The predicted octanol–water partition coefficient (Wildman–Crippen LogP) is 2.68. The Morgan fingerprint density at radius 1 is 1.36 bits per heavy atom. The second-order valence-electron chi connectivity index (χ2n) is 4.20. The third-order valence-electron chi connectivity index (χ3n) is 2.01. The van der Waals surface area contributed by atoms with Crippen molar-refractivity contribution in [2.75, 3.05) is 6.61 Å². The molecule has 1 atom stereocenters. The maximum Gasteiger partial charge on any atom is 0.0831 e. The summed E-state index contributed by atoms with van der Waals surface area (Å²) in [6.07, 6.45) is 6.00. The number of rotatable bonds is 6. The van der Waals surface area contributed by atoms with Gasteiger partial charge in [0.25, 0.3) is 0 Å². The van der Waals surface area contributed by atoms with Crippen LogP contribution < -0.4 is 0 Å². The minimum atomic E-state index is -0.821. The minimum Gasteiger partial charge on any atom is -0.386 e. The smallest absolute Gasteiger partial charge is 0.0831 e. The summed E-state index contributed by atoms with van der Waals surface area (Å²) in [6.45, 7) is 12.0. The van der Waals surface area contributed by atoms with Gasteiger partial charge in [0.05, 0.1) is 11.2 Å². The molecule has 0 aromatic carbocycles. The van der Waals surface area contributed by atoms with Crippen LogP contribution in [0.3, 0.4) is 0 Å². The third kappa shape index (κ3) is 5.95. The van der Waals surface area contributed by atoms with E-state index in [0.717, 1.165) is 0 Å². The van der Waals surface area contributed by atoms with E-state index in [0.29, 0.717) is 13.0 Å². The zero-order valence-electron chi connectivity index (χ0n) is 9.71. The Morgan fingerprint density at radius 2 is 1.93 bits per heavy atom. The van der Waals surface area contributed by atoms with E-state index in [-0.39, 0.29) is 5.60 Å². The molecule has 2 nitrogen and oxygen atoms in total. The van der Waals surface area contributed by atoms with Gasteiger partial charge in [0.15, 0.2) is 0 Å². The lowest BCUT2D eigenvalue weighted by molar-refractivity contribution is 0.0279. The summed E-state index contributed by atoms with van der Waals surface area (Å²) >= 11 is 0. The molecule has 0 aromatic rings. The Morgan fingerprint density at radius 3 is 2.36 bits per heavy atom. The van der Waals surface area contributed by atoms with Gasteiger partial charge in [-0.05, 0) is 34.1 Å². The highest BCUT2D eigenvalue weighted by molar-refractivity contribution is 5.03. The molecular weight excluding hydrogens is 176 g/mol. The number of hydrogen-bond donors (Lipinski definition) is 1. The van der Waals surface area contributed by atoms with Crippen LogP contribution in [0.15, 0.2) is 24.8 Å². The van der Waals surface area contributed by atoms with Crippen molar-refractivity contribution in [2.24, 2.45) is 0 Å². The molecule has 1 unspecified atom stereocenters. The van der Waals surface area contributed by atoms with Crippen molar-refractivity contribution in [1.29, 1.82) is 0 Å². The second-order valence-corrected chi connectivity index (χ2v) is 4.20. The Labute approximate surface area is 87.3 Å². The summed E-state index contributed by atoms with van der Waals surface area (Å²) in [7, 11) is 0. The lowest BCUT2D eigenvalue weighted by Gasteiger charge is -2.21. The molecule has 0 aliphatic heterocycles. The highest BCUT2D eigenvalue weighted by Crippen LogP contribution is 2.15. The van der Waals surface area contributed by atoms with Crippen LogP contribution in [0.5, 0.6) is 0 Å². The molecule has 0 bridgehead atoms. The number of aliphatic hydroxyl groups is 1. The predicted molar refractivity (Wildman–Crippen MR) is 60.3 cm³/mol. The van der Waals surface area contributed by atoms with E-state index in [1.807, 2.05) is 32.9 Å². The van der Waals surface area contributed by atoms with Crippen LogP contribution >= 0.6 is 0 Å². The SMILES string of the molecule is C=CC(C)(O)CC=CC(C)(C)OCC. The first-order valence-corrected chi connectivity index (χ1v) is 5.00. The van der Waals surface area contributed by atoms with Crippen molar-refractivity contribution >= 4 is 0 Å². The van der Waals surface area contributed by atoms with Crippen molar-refractivity contribution in [3.63, 3.8) is 0 Å². The van der Waals surface area contributed by atoms with Gasteiger partial charge in [0.1, 0.15) is 0 Å². The molecule has 0 saturated heterocycles. The standard InChI is InChI=1S/C12H22O2/c1-6-12(5,13)10-8-9-11(3,4)14-7-2/h6,8-9,13H,1,7,10H2,2-5H3. The molecule has 0 saturated carbocycles. The van der Waals surface area contributed by atoms with Crippen LogP contribution in [0.4, 0.5) is 0 Å². The van der Waals surface area contributed by atoms with E-state index < -0.39 is 5.60 Å². The van der Waals surface area contributed by atoms with Gasteiger partial charge in [-0.2, -0.15) is 0 Å². The zero-order valence-corrected chi connectivity index (χ0v) is 9.71. The molecule has 0 spiro atoms. The molecule has 0 heterocycles. The van der Waals surface area contributed by atoms with Crippen LogP contribution in [0.25, 0.3) is 0 Å². The van der Waals surface area contributed by atoms with E-state index in [4.69, 9.17) is 4.74 Å². The van der Waals surface area contributed by atoms with Crippen LogP contribution in [0.2, 0.25) is 0 Å². The van der Waals surface area contributed by atoms with Gasteiger partial charge in [-0.25, -0.2) is 0 Å². The monoisotopic (exact) mass is 198 g/mol. The molecule has 0 rings (SSSR count). The van der Waals surface area contributed by atoms with Gasteiger partial charge >= 0.3 is 0 Å². The van der Waals surface area contributed by atoms with Crippen molar-refractivity contribution in [3.05, 3.63) is 24.8 Å². The first-order chi connectivity index (χ1) is 6.33. The van der Waals surface area contributed by atoms with E-state index in [9.17, 15) is 5.11 Å². The van der Waals surface area contributed by atoms with Crippen LogP contribution in [0.1, 0.15) is 34.1 Å². The Hall–Kier alpha value is -0.600. The number of ether oxygens (including phenoxy) is 1. The zero-order chi connectivity index (χ0) is 11.2. The van der Waals surface area contributed by atoms with Gasteiger partial charge in [-0.15, -0.1) is 6.58 Å². The molecule has 0 aromatic heterocycles. The van der Waals surface area contributed by atoms with Gasteiger partial charge in [0, 0.05) is 6.61 Å². The Balaban J connectivity index is 4.11. The molecular formula is C12H22O2. The second kappa shape index (κ2) is 5.32. The van der Waals surface area contributed by atoms with Gasteiger partial charge in [-0.3, -0.25) is 0 Å². The molecule has 2 heteroatoms. The van der Waals surface area contributed by atoms with Crippen LogP contribution in [-0.2, 0) is 4.74 Å². The molecule has 0 fully saturated rings. The normalized spacial score (nSPS) is 16.9. The molecule has 0 aliphatic carbocycles. The van der Waals surface area contributed by atoms with Gasteiger partial charge < -0.3 is 9.84 Å². The maximum absolute atomic E-state index is 9.64. The Bertz CT molecular complexity index is 202. The van der Waals surface area contributed by atoms with E-state index in [1.165, 1.54) is 0 Å². The maximum atomic E-state index is 9.64. The minimum absolute atomic E-state index is 0.258. The third-order valence-corrected chi connectivity index (χ3v) is 2.01. The average molecular weight is 198 g/mol. The number of hydrogen-bond acceptors (Lipinski definition) is 2. The lowest BCUT2D eigenvalue weighted by atomic mass is 10.0. The van der Waals surface area contributed by atoms with Crippen molar-refractivity contribution < 1.29 is 9.84 Å². The molecule has 14 heavy (non-hydrogen) atoms. The van der Waals surface area contributed by atoms with Crippen molar-refractivity contribution in [1.82, 2.24) is 0 Å². The average Bonchev–Trinajstić information content (AvgIpc) is 2.03. The topological polar surface area (TPSA) is 29.5 Å². The van der Waals surface area contributed by atoms with Crippen LogP contribution in [-0.4, -0.2) is 22.9 Å². The first kappa shape index (κ1) is 13.4. The van der Waals surface area contributed by atoms with Gasteiger partial charge in [0.2, 0.25) is 0 Å². The summed E-state index contributed by atoms with van der Waals surface area (Å²) in [4.78, 5) is 0. The highest BCUT2D eigenvalue weighted by atomic mass is 16.5. The fourth-order valence-electron chi connectivity index (χ4n) is 1.08. The largest absolute Gasteiger partial charge is 0.386 e. The summed E-state index contributed by atoms with van der Waals surface area (Å²) < 4.78 is 5.48. The molecule has 82 valence electrons. The van der Waals surface area contributed by atoms with Crippen LogP contribution in [0, 0.1) is 0 Å².